The molecule has 0 radical (unpaired) electrons. The largest absolute Gasteiger partial charge is 0.483 e. The molecule has 2 aliphatic rings. The third-order valence-electron chi connectivity index (χ3n) is 6.98. The van der Waals surface area contributed by atoms with Gasteiger partial charge in [0, 0.05) is 37.7 Å². The second-order valence-electron chi connectivity index (χ2n) is 9.40. The van der Waals surface area contributed by atoms with Gasteiger partial charge >= 0.3 is 0 Å². The fourth-order valence-corrected chi connectivity index (χ4v) is 5.10. The number of ether oxygens (including phenoxy) is 1. The van der Waals surface area contributed by atoms with Crippen molar-refractivity contribution in [2.75, 3.05) is 44.2 Å². The first kappa shape index (κ1) is 25.7. The SMILES string of the molecule is Cc1cc(Cl)ccc1OCC(=O)N1CCN(c2cccc3c2C(=O)N(CCc2ccc(F)cc2)C3=O)CC1. The standard InChI is InChI=1S/C29H27ClFN3O4/c1-19-17-21(30)7-10-25(19)38-18-26(35)33-15-13-32(14-16-33)24-4-2-3-23-27(24)29(37)34(28(23)36)12-11-20-5-8-22(31)9-6-20/h2-10,17H,11-16,18H2,1H3. The molecule has 5 rings (SSSR count). The van der Waals surface area contributed by atoms with Crippen molar-refractivity contribution >= 4 is 35.0 Å². The van der Waals surface area contributed by atoms with E-state index in [-0.39, 0.29) is 36.7 Å². The third-order valence-corrected chi connectivity index (χ3v) is 7.21. The van der Waals surface area contributed by atoms with Crippen LogP contribution in [0.5, 0.6) is 5.75 Å². The summed E-state index contributed by atoms with van der Waals surface area (Å²) in [5, 5.41) is 0.612. The van der Waals surface area contributed by atoms with Crippen molar-refractivity contribution in [3.05, 3.63) is 93.8 Å². The summed E-state index contributed by atoms with van der Waals surface area (Å²) in [5.41, 5.74) is 3.19. The van der Waals surface area contributed by atoms with E-state index < -0.39 is 0 Å². The van der Waals surface area contributed by atoms with Crippen LogP contribution >= 0.6 is 11.6 Å². The minimum atomic E-state index is -0.329. The van der Waals surface area contributed by atoms with Crippen molar-refractivity contribution in [3.8, 4) is 5.75 Å². The highest BCUT2D eigenvalue weighted by Crippen LogP contribution is 2.32. The quantitative estimate of drug-likeness (QED) is 0.421. The minimum Gasteiger partial charge on any atom is -0.483 e. The van der Waals surface area contributed by atoms with Gasteiger partial charge in [-0.05, 0) is 66.9 Å². The van der Waals surface area contributed by atoms with Gasteiger partial charge in [0.25, 0.3) is 17.7 Å². The zero-order valence-corrected chi connectivity index (χ0v) is 21.7. The molecule has 0 N–H and O–H groups in total. The van der Waals surface area contributed by atoms with E-state index in [0.29, 0.717) is 60.2 Å². The maximum Gasteiger partial charge on any atom is 0.263 e. The van der Waals surface area contributed by atoms with Crippen LogP contribution in [0.3, 0.4) is 0 Å². The minimum absolute atomic E-state index is 0.0702. The van der Waals surface area contributed by atoms with Gasteiger partial charge in [-0.2, -0.15) is 0 Å². The topological polar surface area (TPSA) is 70.2 Å². The predicted octanol–water partition coefficient (Wildman–Crippen LogP) is 4.35. The highest BCUT2D eigenvalue weighted by atomic mass is 35.5. The van der Waals surface area contributed by atoms with E-state index in [1.165, 1.54) is 17.0 Å². The van der Waals surface area contributed by atoms with Crippen molar-refractivity contribution < 1.29 is 23.5 Å². The highest BCUT2D eigenvalue weighted by Gasteiger charge is 2.38. The van der Waals surface area contributed by atoms with E-state index in [2.05, 4.69) is 0 Å². The lowest BCUT2D eigenvalue weighted by molar-refractivity contribution is -0.133. The summed E-state index contributed by atoms with van der Waals surface area (Å²) < 4.78 is 18.9. The number of nitrogens with zero attached hydrogens (tertiary/aromatic N) is 3. The van der Waals surface area contributed by atoms with Crippen LogP contribution in [0, 0.1) is 12.7 Å². The Bertz CT molecular complexity index is 1390. The van der Waals surface area contributed by atoms with Crippen LogP contribution in [-0.2, 0) is 11.2 Å². The van der Waals surface area contributed by atoms with Gasteiger partial charge < -0.3 is 14.5 Å². The predicted molar refractivity (Wildman–Crippen MR) is 142 cm³/mol. The van der Waals surface area contributed by atoms with Gasteiger partial charge in [0.15, 0.2) is 6.61 Å². The Morgan fingerprint density at radius 1 is 0.974 bits per heavy atom. The first-order valence-electron chi connectivity index (χ1n) is 12.5. The number of fused-ring (bicyclic) bond motifs is 1. The lowest BCUT2D eigenvalue weighted by Gasteiger charge is -2.36. The Balaban J connectivity index is 1.21. The molecule has 2 aliphatic heterocycles. The third kappa shape index (κ3) is 5.22. The van der Waals surface area contributed by atoms with Gasteiger partial charge in [0.05, 0.1) is 16.8 Å². The Hall–Kier alpha value is -3.91. The van der Waals surface area contributed by atoms with Crippen molar-refractivity contribution in [3.63, 3.8) is 0 Å². The lowest BCUT2D eigenvalue weighted by Crippen LogP contribution is -2.50. The maximum absolute atomic E-state index is 13.3. The summed E-state index contributed by atoms with van der Waals surface area (Å²) >= 11 is 5.98. The first-order valence-corrected chi connectivity index (χ1v) is 12.8. The zero-order valence-electron chi connectivity index (χ0n) is 21.0. The molecule has 38 heavy (non-hydrogen) atoms. The average Bonchev–Trinajstić information content (AvgIpc) is 3.17. The van der Waals surface area contributed by atoms with Gasteiger partial charge in [-0.15, -0.1) is 0 Å². The number of halogens is 2. The highest BCUT2D eigenvalue weighted by molar-refractivity contribution is 6.30. The number of anilines is 1. The van der Waals surface area contributed by atoms with Crippen molar-refractivity contribution in [2.24, 2.45) is 0 Å². The number of rotatable bonds is 7. The molecule has 0 spiro atoms. The number of carbonyl (C=O) groups is 3. The summed E-state index contributed by atoms with van der Waals surface area (Å²) in [6.45, 7) is 4.02. The number of hydrogen-bond acceptors (Lipinski definition) is 5. The molecular formula is C29H27ClFN3O4. The van der Waals surface area contributed by atoms with Crippen LogP contribution < -0.4 is 9.64 Å². The molecule has 0 saturated carbocycles. The fraction of sp³-hybridized carbons (Fsp3) is 0.276. The van der Waals surface area contributed by atoms with Crippen molar-refractivity contribution in [1.82, 2.24) is 9.80 Å². The molecule has 9 heteroatoms. The van der Waals surface area contributed by atoms with E-state index >= 15 is 0 Å². The average molecular weight is 536 g/mol. The van der Waals surface area contributed by atoms with E-state index in [4.69, 9.17) is 16.3 Å². The summed E-state index contributed by atoms with van der Waals surface area (Å²) in [5.74, 6) is -0.473. The molecule has 0 aliphatic carbocycles. The van der Waals surface area contributed by atoms with Crippen LogP contribution in [0.2, 0.25) is 5.02 Å². The zero-order chi connectivity index (χ0) is 26.8. The van der Waals surface area contributed by atoms with Crippen molar-refractivity contribution in [2.45, 2.75) is 13.3 Å². The molecule has 0 unspecified atom stereocenters. The van der Waals surface area contributed by atoms with Gasteiger partial charge in [-0.25, -0.2) is 4.39 Å². The Labute approximate surface area is 225 Å². The molecule has 0 atom stereocenters. The normalized spacial score (nSPS) is 15.2. The molecular weight excluding hydrogens is 509 g/mol. The molecule has 1 fully saturated rings. The number of benzene rings is 3. The van der Waals surface area contributed by atoms with Crippen LogP contribution in [0.15, 0.2) is 60.7 Å². The van der Waals surface area contributed by atoms with Crippen molar-refractivity contribution in [1.29, 1.82) is 0 Å². The van der Waals surface area contributed by atoms with Crippen LogP contribution in [0.1, 0.15) is 31.8 Å². The van der Waals surface area contributed by atoms with Crippen LogP contribution in [0.25, 0.3) is 0 Å². The Morgan fingerprint density at radius 3 is 2.42 bits per heavy atom. The number of aryl methyl sites for hydroxylation is 1. The fourth-order valence-electron chi connectivity index (χ4n) is 4.88. The van der Waals surface area contributed by atoms with Gasteiger partial charge in [-0.3, -0.25) is 19.3 Å². The van der Waals surface area contributed by atoms with E-state index in [0.717, 1.165) is 11.1 Å². The number of hydrogen-bond donors (Lipinski definition) is 0. The first-order chi connectivity index (χ1) is 18.3. The number of imide groups is 1. The van der Waals surface area contributed by atoms with Crippen LogP contribution in [-0.4, -0.2) is 66.9 Å². The van der Waals surface area contributed by atoms with Gasteiger partial charge in [0.2, 0.25) is 0 Å². The molecule has 3 amide bonds. The van der Waals surface area contributed by atoms with Gasteiger partial charge in [0.1, 0.15) is 11.6 Å². The van der Waals surface area contributed by atoms with Gasteiger partial charge in [-0.1, -0.05) is 29.8 Å². The molecule has 1 saturated heterocycles. The Kier molecular flexibility index (Phi) is 7.33. The number of carbonyl (C=O) groups excluding carboxylic acids is 3. The summed E-state index contributed by atoms with van der Waals surface area (Å²) in [6, 6.07) is 16.6. The molecule has 7 nitrogen and oxygen atoms in total. The number of amides is 3. The molecule has 3 aromatic carbocycles. The second-order valence-corrected chi connectivity index (χ2v) is 9.84. The summed E-state index contributed by atoms with van der Waals surface area (Å²) in [4.78, 5) is 44.2. The molecule has 0 aromatic heterocycles. The molecule has 0 bridgehead atoms. The second kappa shape index (κ2) is 10.8. The number of piperazine rings is 1. The monoisotopic (exact) mass is 535 g/mol. The summed E-state index contributed by atoms with van der Waals surface area (Å²) in [6.07, 6.45) is 0.444. The Morgan fingerprint density at radius 2 is 1.71 bits per heavy atom. The summed E-state index contributed by atoms with van der Waals surface area (Å²) in [7, 11) is 0. The van der Waals surface area contributed by atoms with E-state index in [1.807, 2.05) is 17.9 Å². The van der Waals surface area contributed by atoms with E-state index in [9.17, 15) is 18.8 Å². The lowest BCUT2D eigenvalue weighted by atomic mass is 10.1. The maximum atomic E-state index is 13.3. The molecule has 3 aromatic rings. The molecule has 2 heterocycles. The van der Waals surface area contributed by atoms with E-state index in [1.54, 1.807) is 47.4 Å². The molecule has 196 valence electrons. The smallest absolute Gasteiger partial charge is 0.263 e. The van der Waals surface area contributed by atoms with Crippen LogP contribution in [0.4, 0.5) is 10.1 Å².